The monoisotopic (exact) mass is 545 g/mol. The van der Waals surface area contributed by atoms with Crippen LogP contribution in [0.5, 0.6) is 0 Å². The Morgan fingerprint density at radius 2 is 1.67 bits per heavy atom. The average Bonchev–Trinajstić information content (AvgIpc) is 3.46. The number of fused-ring (bicyclic) bond motifs is 1. The molecule has 0 atom stereocenters. The van der Waals surface area contributed by atoms with Crippen molar-refractivity contribution in [3.63, 3.8) is 0 Å². The fourth-order valence-corrected chi connectivity index (χ4v) is 4.86. The number of halogens is 3. The molecule has 0 saturated carbocycles. The first-order valence-electron chi connectivity index (χ1n) is 12.1. The van der Waals surface area contributed by atoms with Crippen molar-refractivity contribution < 1.29 is 22.8 Å². The van der Waals surface area contributed by atoms with Gasteiger partial charge in [0.25, 0.3) is 11.8 Å². The van der Waals surface area contributed by atoms with Crippen molar-refractivity contribution in [2.24, 2.45) is 0 Å². The van der Waals surface area contributed by atoms with Gasteiger partial charge in [-0.05, 0) is 65.4 Å². The number of nitrogens with one attached hydrogen (secondary N) is 2. The van der Waals surface area contributed by atoms with Gasteiger partial charge in [0.1, 0.15) is 0 Å². The lowest BCUT2D eigenvalue weighted by molar-refractivity contribution is -0.137. The molecule has 0 bridgehead atoms. The number of amides is 2. The molecule has 2 amide bonds. The first kappa shape index (κ1) is 26.1. The van der Waals surface area contributed by atoms with Crippen molar-refractivity contribution in [3.05, 3.63) is 118 Å². The van der Waals surface area contributed by atoms with E-state index in [2.05, 4.69) is 15.6 Å². The van der Waals surface area contributed by atoms with Crippen LogP contribution in [-0.2, 0) is 12.6 Å². The van der Waals surface area contributed by atoms with Crippen molar-refractivity contribution in [3.8, 4) is 11.1 Å². The number of hydrogen-bond donors (Lipinski definition) is 2. The maximum atomic E-state index is 13.1. The van der Waals surface area contributed by atoms with Crippen molar-refractivity contribution in [1.82, 2.24) is 10.3 Å². The number of thiophene rings is 1. The molecule has 0 aliphatic heterocycles. The second kappa shape index (κ2) is 11.1. The molecular weight excluding hydrogens is 523 g/mol. The van der Waals surface area contributed by atoms with E-state index < -0.39 is 17.6 Å². The number of carbonyl (C=O) groups is 2. The standard InChI is InChI=1S/C30H22F3N3O2S/c31-30(32,33)22-10-7-19(8-11-22)25-5-1-2-6-26(25)29(38)36-23-12-9-20-16-21(18-35-27(20)17-23)28(37)34-14-13-24-4-3-15-39-24/h1-12,15-18H,13-14H2,(H,34,37)(H,36,38). The molecule has 5 nitrogen and oxygen atoms in total. The lowest BCUT2D eigenvalue weighted by atomic mass is 9.98. The summed E-state index contributed by atoms with van der Waals surface area (Å²) in [4.78, 5) is 31.3. The Kier molecular flexibility index (Phi) is 7.42. The van der Waals surface area contributed by atoms with Crippen molar-refractivity contribution in [2.45, 2.75) is 12.6 Å². The number of alkyl halides is 3. The van der Waals surface area contributed by atoms with Gasteiger partial charge in [-0.1, -0.05) is 42.5 Å². The number of carbonyl (C=O) groups excluding carboxylic acids is 2. The average molecular weight is 546 g/mol. The minimum atomic E-state index is -4.44. The molecule has 0 fully saturated rings. The van der Waals surface area contributed by atoms with E-state index in [1.54, 1.807) is 59.9 Å². The fourth-order valence-electron chi connectivity index (χ4n) is 4.15. The van der Waals surface area contributed by atoms with Crippen LogP contribution in [-0.4, -0.2) is 23.3 Å². The zero-order valence-electron chi connectivity index (χ0n) is 20.5. The van der Waals surface area contributed by atoms with Crippen LogP contribution in [0.3, 0.4) is 0 Å². The molecule has 0 saturated heterocycles. The number of hydrogen-bond acceptors (Lipinski definition) is 4. The van der Waals surface area contributed by atoms with Crippen molar-refractivity contribution in [2.75, 3.05) is 11.9 Å². The van der Waals surface area contributed by atoms with Crippen LogP contribution in [0.2, 0.25) is 0 Å². The SMILES string of the molecule is O=C(NCCc1cccs1)c1cnc2cc(NC(=O)c3ccccc3-c3ccc(C(F)(F)F)cc3)ccc2c1. The number of aromatic nitrogens is 1. The van der Waals surface area contributed by atoms with E-state index in [1.165, 1.54) is 23.2 Å². The van der Waals surface area contributed by atoms with E-state index in [-0.39, 0.29) is 5.91 Å². The molecule has 196 valence electrons. The summed E-state index contributed by atoms with van der Waals surface area (Å²) in [5, 5.41) is 8.48. The van der Waals surface area contributed by atoms with Crippen LogP contribution in [0.25, 0.3) is 22.0 Å². The van der Waals surface area contributed by atoms with Crippen LogP contribution in [0.1, 0.15) is 31.2 Å². The lowest BCUT2D eigenvalue weighted by Gasteiger charge is -2.12. The summed E-state index contributed by atoms with van der Waals surface area (Å²) in [5.41, 5.74) is 2.11. The predicted octanol–water partition coefficient (Wildman–Crippen LogP) is 7.21. The van der Waals surface area contributed by atoms with E-state index in [0.29, 0.717) is 40.0 Å². The normalized spacial score (nSPS) is 11.4. The lowest BCUT2D eigenvalue weighted by Crippen LogP contribution is -2.25. The summed E-state index contributed by atoms with van der Waals surface area (Å²) >= 11 is 1.65. The van der Waals surface area contributed by atoms with Crippen LogP contribution in [0, 0.1) is 0 Å². The molecule has 2 N–H and O–H groups in total. The maximum absolute atomic E-state index is 13.1. The van der Waals surface area contributed by atoms with Gasteiger partial charge < -0.3 is 10.6 Å². The molecule has 5 rings (SSSR count). The van der Waals surface area contributed by atoms with Crippen LogP contribution >= 0.6 is 11.3 Å². The molecule has 39 heavy (non-hydrogen) atoms. The predicted molar refractivity (Wildman–Crippen MR) is 147 cm³/mol. The quantitative estimate of drug-likeness (QED) is 0.227. The molecule has 0 aliphatic rings. The zero-order valence-corrected chi connectivity index (χ0v) is 21.3. The largest absolute Gasteiger partial charge is 0.416 e. The van der Waals surface area contributed by atoms with Gasteiger partial charge in [0.05, 0.1) is 16.6 Å². The third-order valence-corrected chi connectivity index (χ3v) is 7.07. The summed E-state index contributed by atoms with van der Waals surface area (Å²) in [6, 6.07) is 22.3. The molecule has 0 unspecified atom stereocenters. The molecule has 5 aromatic rings. The molecule has 0 aliphatic carbocycles. The van der Waals surface area contributed by atoms with Gasteiger partial charge in [0.15, 0.2) is 0 Å². The first-order chi connectivity index (χ1) is 18.8. The van der Waals surface area contributed by atoms with Gasteiger partial charge in [-0.25, -0.2) is 0 Å². The van der Waals surface area contributed by atoms with Gasteiger partial charge >= 0.3 is 6.18 Å². The van der Waals surface area contributed by atoms with Crippen LogP contribution < -0.4 is 10.6 Å². The third-order valence-electron chi connectivity index (χ3n) is 6.14. The number of benzene rings is 3. The first-order valence-corrected chi connectivity index (χ1v) is 12.9. The Morgan fingerprint density at radius 3 is 2.41 bits per heavy atom. The van der Waals surface area contributed by atoms with Gasteiger partial charge in [0, 0.05) is 34.3 Å². The summed E-state index contributed by atoms with van der Waals surface area (Å²) in [6.45, 7) is 0.524. The number of nitrogens with zero attached hydrogens (tertiary/aromatic N) is 1. The Balaban J connectivity index is 1.29. The van der Waals surface area contributed by atoms with E-state index in [1.807, 2.05) is 17.5 Å². The Labute approximate surface area is 226 Å². The second-order valence-corrected chi connectivity index (χ2v) is 9.82. The van der Waals surface area contributed by atoms with Gasteiger partial charge in [-0.3, -0.25) is 14.6 Å². The Morgan fingerprint density at radius 1 is 0.872 bits per heavy atom. The smallest absolute Gasteiger partial charge is 0.352 e. The van der Waals surface area contributed by atoms with E-state index in [0.717, 1.165) is 23.9 Å². The van der Waals surface area contributed by atoms with Crippen LogP contribution in [0.15, 0.2) is 96.5 Å². The van der Waals surface area contributed by atoms with E-state index in [9.17, 15) is 22.8 Å². The molecule has 0 spiro atoms. The Bertz CT molecular complexity index is 1630. The number of anilines is 1. The molecule has 2 heterocycles. The maximum Gasteiger partial charge on any atom is 0.416 e. The van der Waals surface area contributed by atoms with Crippen LogP contribution in [0.4, 0.5) is 18.9 Å². The molecule has 2 aromatic heterocycles. The summed E-state index contributed by atoms with van der Waals surface area (Å²) in [7, 11) is 0. The number of pyridine rings is 1. The zero-order chi connectivity index (χ0) is 27.4. The highest BCUT2D eigenvalue weighted by atomic mass is 32.1. The van der Waals surface area contributed by atoms with Gasteiger partial charge in [0.2, 0.25) is 0 Å². The fraction of sp³-hybridized carbons (Fsp3) is 0.100. The minimum absolute atomic E-state index is 0.210. The van der Waals surface area contributed by atoms with Crippen molar-refractivity contribution in [1.29, 1.82) is 0 Å². The highest BCUT2D eigenvalue weighted by Crippen LogP contribution is 2.32. The Hall–Kier alpha value is -4.50. The topological polar surface area (TPSA) is 71.1 Å². The van der Waals surface area contributed by atoms with Gasteiger partial charge in [-0.2, -0.15) is 13.2 Å². The summed E-state index contributed by atoms with van der Waals surface area (Å²) in [5.74, 6) is -0.621. The third kappa shape index (κ3) is 6.15. The number of rotatable bonds is 7. The minimum Gasteiger partial charge on any atom is -0.352 e. The molecule has 0 radical (unpaired) electrons. The van der Waals surface area contributed by atoms with Gasteiger partial charge in [-0.15, -0.1) is 11.3 Å². The molecule has 9 heteroatoms. The summed E-state index contributed by atoms with van der Waals surface area (Å²) < 4.78 is 38.9. The van der Waals surface area contributed by atoms with Crippen molar-refractivity contribution >= 4 is 39.7 Å². The highest BCUT2D eigenvalue weighted by Gasteiger charge is 2.30. The molecular formula is C30H22F3N3O2S. The van der Waals surface area contributed by atoms with E-state index in [4.69, 9.17) is 0 Å². The highest BCUT2D eigenvalue weighted by molar-refractivity contribution is 7.09. The molecule has 3 aromatic carbocycles. The van der Waals surface area contributed by atoms with E-state index >= 15 is 0 Å². The summed E-state index contributed by atoms with van der Waals surface area (Å²) in [6.07, 6.45) is -2.18. The second-order valence-electron chi connectivity index (χ2n) is 8.79.